The van der Waals surface area contributed by atoms with E-state index in [1.54, 1.807) is 11.3 Å². The van der Waals surface area contributed by atoms with Crippen molar-refractivity contribution < 1.29 is 4.74 Å². The Morgan fingerprint density at radius 2 is 2.04 bits per heavy atom. The molecule has 28 heavy (non-hydrogen) atoms. The van der Waals surface area contributed by atoms with Crippen molar-refractivity contribution in [1.29, 1.82) is 0 Å². The van der Waals surface area contributed by atoms with Crippen molar-refractivity contribution >= 4 is 17.2 Å². The average Bonchev–Trinajstić information content (AvgIpc) is 3.26. The van der Waals surface area contributed by atoms with E-state index in [9.17, 15) is 0 Å². The summed E-state index contributed by atoms with van der Waals surface area (Å²) >= 11 is 1.74. The number of rotatable bonds is 7. The number of nitrogens with one attached hydrogen (secondary N) is 1. The van der Waals surface area contributed by atoms with Gasteiger partial charge >= 0.3 is 0 Å². The Morgan fingerprint density at radius 3 is 2.75 bits per heavy atom. The Kier molecular flexibility index (Phi) is 6.31. The van der Waals surface area contributed by atoms with Crippen LogP contribution in [0.3, 0.4) is 0 Å². The van der Waals surface area contributed by atoms with Gasteiger partial charge in [0.25, 0.3) is 0 Å². The van der Waals surface area contributed by atoms with Gasteiger partial charge in [-0.25, -0.2) is 4.98 Å². The van der Waals surface area contributed by atoms with Gasteiger partial charge in [-0.15, -0.1) is 0 Å². The minimum absolute atomic E-state index is 0.176. The number of hydrogen-bond donors (Lipinski definition) is 1. The lowest BCUT2D eigenvalue weighted by Gasteiger charge is -2.27. The minimum Gasteiger partial charge on any atom is -0.378 e. The standard InChI is InChI=1S/C22H26N4OS/c1-17-3-2-7-23-22(17)20(13-18-6-12-28-16-18)24-14-19-4-5-21(25-15-19)26-8-10-27-11-9-26/h2-7,12,15-16,20,24H,8-11,13-14H2,1H3. The van der Waals surface area contributed by atoms with E-state index in [0.29, 0.717) is 0 Å². The maximum absolute atomic E-state index is 5.42. The summed E-state index contributed by atoms with van der Waals surface area (Å²) in [6, 6.07) is 10.8. The van der Waals surface area contributed by atoms with E-state index in [1.807, 2.05) is 18.5 Å². The molecule has 1 fully saturated rings. The summed E-state index contributed by atoms with van der Waals surface area (Å²) in [7, 11) is 0. The molecular weight excluding hydrogens is 368 g/mol. The molecule has 0 bridgehead atoms. The molecule has 0 radical (unpaired) electrons. The summed E-state index contributed by atoms with van der Waals surface area (Å²) in [4.78, 5) is 11.6. The Balaban J connectivity index is 1.44. The third-order valence-corrected chi connectivity index (χ3v) is 5.83. The number of hydrogen-bond acceptors (Lipinski definition) is 6. The van der Waals surface area contributed by atoms with Crippen LogP contribution in [0.5, 0.6) is 0 Å². The number of aryl methyl sites for hydroxylation is 1. The van der Waals surface area contributed by atoms with Gasteiger partial charge in [-0.05, 0) is 59.0 Å². The molecule has 1 saturated heterocycles. The molecule has 0 aliphatic carbocycles. The molecule has 4 rings (SSSR count). The monoisotopic (exact) mass is 394 g/mol. The molecule has 3 aromatic rings. The number of thiophene rings is 1. The van der Waals surface area contributed by atoms with Crippen LogP contribution < -0.4 is 10.2 Å². The lowest BCUT2D eigenvalue weighted by molar-refractivity contribution is 0.122. The van der Waals surface area contributed by atoms with Crippen molar-refractivity contribution in [3.8, 4) is 0 Å². The van der Waals surface area contributed by atoms with Crippen LogP contribution in [0.1, 0.15) is 28.4 Å². The molecule has 0 amide bonds. The third-order valence-electron chi connectivity index (χ3n) is 5.10. The molecule has 0 spiro atoms. The van der Waals surface area contributed by atoms with Crippen LogP contribution in [0.25, 0.3) is 0 Å². The highest BCUT2D eigenvalue weighted by molar-refractivity contribution is 7.07. The van der Waals surface area contributed by atoms with E-state index >= 15 is 0 Å². The predicted octanol–water partition coefficient (Wildman–Crippen LogP) is 3.76. The highest BCUT2D eigenvalue weighted by atomic mass is 32.1. The Morgan fingerprint density at radius 1 is 1.14 bits per heavy atom. The minimum atomic E-state index is 0.176. The molecule has 5 nitrogen and oxygen atoms in total. The van der Waals surface area contributed by atoms with Gasteiger partial charge in [0.1, 0.15) is 5.82 Å². The summed E-state index contributed by atoms with van der Waals surface area (Å²) in [5, 5.41) is 8.04. The molecule has 6 heteroatoms. The third kappa shape index (κ3) is 4.76. The van der Waals surface area contributed by atoms with Crippen molar-refractivity contribution in [2.45, 2.75) is 25.9 Å². The molecule has 0 saturated carbocycles. The molecule has 3 aromatic heterocycles. The summed E-state index contributed by atoms with van der Waals surface area (Å²) in [6.07, 6.45) is 4.79. The molecule has 0 aromatic carbocycles. The maximum Gasteiger partial charge on any atom is 0.128 e. The first kappa shape index (κ1) is 19.1. The van der Waals surface area contributed by atoms with Gasteiger partial charge in [0.15, 0.2) is 0 Å². The Labute approximate surface area is 170 Å². The van der Waals surface area contributed by atoms with Gasteiger partial charge in [-0.1, -0.05) is 12.1 Å². The average molecular weight is 395 g/mol. The molecule has 4 heterocycles. The molecular formula is C22H26N4OS. The predicted molar refractivity (Wildman–Crippen MR) is 114 cm³/mol. The first-order valence-corrected chi connectivity index (χ1v) is 10.7. The SMILES string of the molecule is Cc1cccnc1C(Cc1ccsc1)NCc1ccc(N2CCOCC2)nc1. The second-order valence-corrected chi connectivity index (χ2v) is 7.88. The number of ether oxygens (including phenoxy) is 1. The first-order valence-electron chi connectivity index (χ1n) is 9.73. The normalized spacial score (nSPS) is 15.5. The molecule has 1 aliphatic rings. The smallest absolute Gasteiger partial charge is 0.128 e. The first-order chi connectivity index (χ1) is 13.8. The van der Waals surface area contributed by atoms with E-state index < -0.39 is 0 Å². The molecule has 1 N–H and O–H groups in total. The zero-order valence-corrected chi connectivity index (χ0v) is 17.0. The van der Waals surface area contributed by atoms with Crippen LogP contribution in [0, 0.1) is 6.92 Å². The molecule has 1 unspecified atom stereocenters. The van der Waals surface area contributed by atoms with Crippen LogP contribution in [-0.4, -0.2) is 36.3 Å². The van der Waals surface area contributed by atoms with Gasteiger partial charge in [-0.3, -0.25) is 4.98 Å². The zero-order valence-electron chi connectivity index (χ0n) is 16.2. The van der Waals surface area contributed by atoms with Gasteiger partial charge < -0.3 is 15.0 Å². The van der Waals surface area contributed by atoms with E-state index in [0.717, 1.165) is 50.8 Å². The second-order valence-electron chi connectivity index (χ2n) is 7.10. The summed E-state index contributed by atoms with van der Waals surface area (Å²) in [6.45, 7) is 6.26. The number of aromatic nitrogens is 2. The fourth-order valence-electron chi connectivity index (χ4n) is 3.51. The molecule has 146 valence electrons. The van der Waals surface area contributed by atoms with Crippen LogP contribution in [-0.2, 0) is 17.7 Å². The van der Waals surface area contributed by atoms with Gasteiger partial charge in [-0.2, -0.15) is 11.3 Å². The lowest BCUT2D eigenvalue weighted by atomic mass is 10.0. The summed E-state index contributed by atoms with van der Waals surface area (Å²) < 4.78 is 5.42. The quantitative estimate of drug-likeness (QED) is 0.661. The van der Waals surface area contributed by atoms with Crippen LogP contribution in [0.15, 0.2) is 53.5 Å². The number of anilines is 1. The Bertz CT molecular complexity index is 861. The lowest BCUT2D eigenvalue weighted by Crippen LogP contribution is -2.36. The van der Waals surface area contributed by atoms with E-state index in [2.05, 4.69) is 62.1 Å². The summed E-state index contributed by atoms with van der Waals surface area (Å²) in [5.41, 5.74) is 4.86. The number of nitrogens with zero attached hydrogens (tertiary/aromatic N) is 3. The topological polar surface area (TPSA) is 50.3 Å². The largest absolute Gasteiger partial charge is 0.378 e. The zero-order chi connectivity index (χ0) is 19.2. The fraction of sp³-hybridized carbons (Fsp3) is 0.364. The highest BCUT2D eigenvalue weighted by Crippen LogP contribution is 2.22. The van der Waals surface area contributed by atoms with Crippen molar-refractivity contribution in [2.75, 3.05) is 31.2 Å². The van der Waals surface area contributed by atoms with Crippen molar-refractivity contribution in [2.24, 2.45) is 0 Å². The van der Waals surface area contributed by atoms with E-state index in [-0.39, 0.29) is 6.04 Å². The van der Waals surface area contributed by atoms with E-state index in [4.69, 9.17) is 4.74 Å². The number of pyridine rings is 2. The van der Waals surface area contributed by atoms with Crippen LogP contribution in [0.2, 0.25) is 0 Å². The van der Waals surface area contributed by atoms with Gasteiger partial charge in [0, 0.05) is 32.0 Å². The van der Waals surface area contributed by atoms with Crippen molar-refractivity contribution in [3.63, 3.8) is 0 Å². The van der Waals surface area contributed by atoms with E-state index in [1.165, 1.54) is 16.7 Å². The van der Waals surface area contributed by atoms with Gasteiger partial charge in [0.2, 0.25) is 0 Å². The fourth-order valence-corrected chi connectivity index (χ4v) is 4.20. The summed E-state index contributed by atoms with van der Waals surface area (Å²) in [5.74, 6) is 1.03. The van der Waals surface area contributed by atoms with Crippen LogP contribution >= 0.6 is 11.3 Å². The second kappa shape index (κ2) is 9.28. The molecule has 1 aliphatic heterocycles. The number of morpholine rings is 1. The molecule has 1 atom stereocenters. The van der Waals surface area contributed by atoms with Crippen molar-refractivity contribution in [1.82, 2.24) is 15.3 Å². The van der Waals surface area contributed by atoms with Gasteiger partial charge in [0.05, 0.1) is 24.9 Å². The maximum atomic E-state index is 5.42. The van der Waals surface area contributed by atoms with Crippen molar-refractivity contribution in [3.05, 3.63) is 75.9 Å². The Hall–Kier alpha value is -2.28. The highest BCUT2D eigenvalue weighted by Gasteiger charge is 2.16. The van der Waals surface area contributed by atoms with Crippen LogP contribution in [0.4, 0.5) is 5.82 Å².